The number of rotatable bonds is 3. The highest BCUT2D eigenvalue weighted by Crippen LogP contribution is 2.24. The minimum Gasteiger partial charge on any atom is -0.353 e. The molecular weight excluding hydrogens is 268 g/mol. The molecule has 8 heteroatoms. The average Bonchev–Trinajstić information content (AvgIpc) is 3.26. The van der Waals surface area contributed by atoms with E-state index in [0.717, 1.165) is 25.3 Å². The number of aromatic nitrogens is 7. The lowest BCUT2D eigenvalue weighted by atomic mass is 10.3. The van der Waals surface area contributed by atoms with E-state index in [1.807, 2.05) is 23.1 Å². The van der Waals surface area contributed by atoms with Gasteiger partial charge in [-0.3, -0.25) is 9.67 Å². The normalized spacial score (nSPS) is 18.3. The van der Waals surface area contributed by atoms with E-state index in [1.165, 1.54) is 6.33 Å². The summed E-state index contributed by atoms with van der Waals surface area (Å²) in [6.45, 7) is 1.83. The van der Waals surface area contributed by atoms with Gasteiger partial charge in [0.1, 0.15) is 18.5 Å². The van der Waals surface area contributed by atoms with Gasteiger partial charge in [-0.1, -0.05) is 0 Å². The molecule has 0 saturated carbocycles. The number of hydrogen-bond donors (Lipinski definition) is 0. The number of hydrogen-bond acceptors (Lipinski definition) is 6. The highest BCUT2D eigenvalue weighted by molar-refractivity contribution is 5.40. The van der Waals surface area contributed by atoms with Crippen molar-refractivity contribution in [2.24, 2.45) is 0 Å². The first kappa shape index (κ1) is 12.0. The van der Waals surface area contributed by atoms with Gasteiger partial charge in [-0.05, 0) is 12.5 Å². The number of nitrogens with zero attached hydrogens (tertiary/aromatic N) is 8. The van der Waals surface area contributed by atoms with Crippen LogP contribution in [0.2, 0.25) is 0 Å². The predicted molar refractivity (Wildman–Crippen MR) is 75.0 cm³/mol. The summed E-state index contributed by atoms with van der Waals surface area (Å²) in [4.78, 5) is 15.0. The summed E-state index contributed by atoms with van der Waals surface area (Å²) < 4.78 is 3.62. The molecule has 21 heavy (non-hydrogen) atoms. The second-order valence-electron chi connectivity index (χ2n) is 4.95. The topological polar surface area (TPSA) is 77.5 Å². The molecule has 4 heterocycles. The summed E-state index contributed by atoms with van der Waals surface area (Å²) in [6.07, 6.45) is 11.4. The third kappa shape index (κ3) is 2.24. The summed E-state index contributed by atoms with van der Waals surface area (Å²) in [7, 11) is 0. The molecule has 8 nitrogen and oxygen atoms in total. The smallest absolute Gasteiger partial charge is 0.175 e. The molecule has 0 aromatic carbocycles. The minimum atomic E-state index is 0.386. The Morgan fingerprint density at radius 3 is 2.86 bits per heavy atom. The average molecular weight is 282 g/mol. The molecule has 0 aliphatic carbocycles. The van der Waals surface area contributed by atoms with Gasteiger partial charge in [0, 0.05) is 25.5 Å². The SMILES string of the molecule is c1cnn(C2CCN(c3cncc(-n4cncn4)n3)C2)c1. The van der Waals surface area contributed by atoms with E-state index in [-0.39, 0.29) is 0 Å². The van der Waals surface area contributed by atoms with Gasteiger partial charge in [0.25, 0.3) is 0 Å². The fourth-order valence-corrected chi connectivity index (χ4v) is 2.60. The summed E-state index contributed by atoms with van der Waals surface area (Å²) >= 11 is 0. The molecule has 1 aliphatic rings. The van der Waals surface area contributed by atoms with Gasteiger partial charge in [0.05, 0.1) is 18.4 Å². The molecule has 106 valence electrons. The Hall–Kier alpha value is -2.77. The van der Waals surface area contributed by atoms with Gasteiger partial charge >= 0.3 is 0 Å². The van der Waals surface area contributed by atoms with Crippen molar-refractivity contribution in [3.05, 3.63) is 43.5 Å². The molecule has 1 aliphatic heterocycles. The molecule has 1 atom stereocenters. The van der Waals surface area contributed by atoms with Crippen LogP contribution in [0.15, 0.2) is 43.5 Å². The van der Waals surface area contributed by atoms with Crippen molar-refractivity contribution < 1.29 is 0 Å². The first-order chi connectivity index (χ1) is 10.4. The lowest BCUT2D eigenvalue weighted by molar-refractivity contribution is 0.494. The zero-order valence-corrected chi connectivity index (χ0v) is 11.3. The Balaban J connectivity index is 1.56. The maximum absolute atomic E-state index is 4.61. The standard InChI is InChI=1S/C13H14N8/c1-3-16-20(4-1)11-2-5-19(8-11)12-6-14-7-13(18-12)21-10-15-9-17-21/h1,3-4,6-7,9-11H,2,5,8H2. The van der Waals surface area contributed by atoms with Crippen LogP contribution in [0.1, 0.15) is 12.5 Å². The Kier molecular flexibility index (Phi) is 2.84. The molecule has 3 aromatic rings. The van der Waals surface area contributed by atoms with Gasteiger partial charge in [-0.15, -0.1) is 0 Å². The summed E-state index contributed by atoms with van der Waals surface area (Å²) in [5.41, 5.74) is 0. The van der Waals surface area contributed by atoms with Crippen LogP contribution in [0.4, 0.5) is 5.82 Å². The molecule has 1 fully saturated rings. The van der Waals surface area contributed by atoms with Crippen LogP contribution >= 0.6 is 0 Å². The maximum atomic E-state index is 4.61. The van der Waals surface area contributed by atoms with Crippen molar-refractivity contribution in [1.82, 2.24) is 34.5 Å². The second-order valence-corrected chi connectivity index (χ2v) is 4.95. The third-order valence-electron chi connectivity index (χ3n) is 3.65. The molecule has 0 bridgehead atoms. The van der Waals surface area contributed by atoms with Crippen molar-refractivity contribution in [2.45, 2.75) is 12.5 Å². The molecular formula is C13H14N8. The second kappa shape index (κ2) is 4.97. The third-order valence-corrected chi connectivity index (χ3v) is 3.65. The summed E-state index contributed by atoms with van der Waals surface area (Å²) in [5.74, 6) is 1.53. The van der Waals surface area contributed by atoms with Crippen LogP contribution in [-0.4, -0.2) is 47.6 Å². The van der Waals surface area contributed by atoms with E-state index in [0.29, 0.717) is 11.9 Å². The maximum Gasteiger partial charge on any atom is 0.175 e. The lowest BCUT2D eigenvalue weighted by Gasteiger charge is -2.17. The molecule has 3 aromatic heterocycles. The van der Waals surface area contributed by atoms with Gasteiger partial charge in [-0.25, -0.2) is 14.6 Å². The van der Waals surface area contributed by atoms with Crippen LogP contribution in [0, 0.1) is 0 Å². The Morgan fingerprint density at radius 1 is 1.10 bits per heavy atom. The highest BCUT2D eigenvalue weighted by Gasteiger charge is 2.25. The number of anilines is 1. The minimum absolute atomic E-state index is 0.386. The fourth-order valence-electron chi connectivity index (χ4n) is 2.60. The first-order valence-corrected chi connectivity index (χ1v) is 6.81. The van der Waals surface area contributed by atoms with Crippen molar-refractivity contribution >= 4 is 5.82 Å². The molecule has 0 amide bonds. The zero-order chi connectivity index (χ0) is 14.1. The Bertz CT molecular complexity index is 706. The van der Waals surface area contributed by atoms with Crippen LogP contribution < -0.4 is 4.90 Å². The first-order valence-electron chi connectivity index (χ1n) is 6.81. The quantitative estimate of drug-likeness (QED) is 0.704. The van der Waals surface area contributed by atoms with Gasteiger partial charge in [0.2, 0.25) is 0 Å². The lowest BCUT2D eigenvalue weighted by Crippen LogP contribution is -2.22. The van der Waals surface area contributed by atoms with Gasteiger partial charge in [0.15, 0.2) is 5.82 Å². The molecule has 0 spiro atoms. The van der Waals surface area contributed by atoms with Gasteiger partial charge < -0.3 is 4.90 Å². The van der Waals surface area contributed by atoms with Crippen LogP contribution in [0.25, 0.3) is 5.82 Å². The predicted octanol–water partition coefficient (Wildman–Crippen LogP) is 0.705. The van der Waals surface area contributed by atoms with Crippen molar-refractivity contribution in [3.63, 3.8) is 0 Å². The van der Waals surface area contributed by atoms with E-state index in [2.05, 4.69) is 30.0 Å². The fraction of sp³-hybridized carbons (Fsp3) is 0.308. The van der Waals surface area contributed by atoms with E-state index < -0.39 is 0 Å². The molecule has 4 rings (SSSR count). The van der Waals surface area contributed by atoms with Gasteiger partial charge in [-0.2, -0.15) is 10.2 Å². The van der Waals surface area contributed by atoms with E-state index >= 15 is 0 Å². The van der Waals surface area contributed by atoms with Crippen LogP contribution in [0.3, 0.4) is 0 Å². The summed E-state index contributed by atoms with van der Waals surface area (Å²) in [6, 6.07) is 2.34. The molecule has 1 unspecified atom stereocenters. The van der Waals surface area contributed by atoms with Crippen molar-refractivity contribution in [2.75, 3.05) is 18.0 Å². The van der Waals surface area contributed by atoms with Crippen LogP contribution in [0.5, 0.6) is 0 Å². The Labute approximate surface area is 121 Å². The highest BCUT2D eigenvalue weighted by atomic mass is 15.4. The molecule has 1 saturated heterocycles. The molecule has 0 N–H and O–H groups in total. The van der Waals surface area contributed by atoms with E-state index in [1.54, 1.807) is 23.4 Å². The monoisotopic (exact) mass is 282 g/mol. The van der Waals surface area contributed by atoms with Crippen LogP contribution in [-0.2, 0) is 0 Å². The van der Waals surface area contributed by atoms with E-state index in [9.17, 15) is 0 Å². The van der Waals surface area contributed by atoms with Crippen molar-refractivity contribution in [1.29, 1.82) is 0 Å². The Morgan fingerprint density at radius 2 is 2.05 bits per heavy atom. The van der Waals surface area contributed by atoms with Crippen molar-refractivity contribution in [3.8, 4) is 5.82 Å². The largest absolute Gasteiger partial charge is 0.353 e. The summed E-state index contributed by atoms with van der Waals surface area (Å²) in [5, 5.41) is 8.40. The van der Waals surface area contributed by atoms with E-state index in [4.69, 9.17) is 0 Å². The molecule has 0 radical (unpaired) electrons. The zero-order valence-electron chi connectivity index (χ0n) is 11.3.